The molecule has 0 saturated carbocycles. The average Bonchev–Trinajstić information content (AvgIpc) is 1.46. The normalized spacial score (nSPS) is 3.20. The molecule has 1 nitrogen and oxygen atoms in total. The van der Waals surface area contributed by atoms with Crippen molar-refractivity contribution in [3.8, 4) is 0 Å². The number of hydrogen-bond acceptors (Lipinski definition) is 1. The minimum Gasteiger partial charge on any atom is -0.512 e. The molecule has 0 aromatic heterocycles. The Hall–Kier alpha value is -0.251. The van der Waals surface area contributed by atoms with Gasteiger partial charge in [-0.25, -0.2) is 0 Å². The molecule has 0 aromatic carbocycles. The van der Waals surface area contributed by atoms with Crippen LogP contribution in [0.4, 0.5) is 0 Å². The Labute approximate surface area is 40.1 Å². The van der Waals surface area contributed by atoms with Crippen LogP contribution in [0.2, 0.25) is 0 Å². The first kappa shape index (κ1) is 8.83. The zero-order valence-electron chi connectivity index (χ0n) is 2.53. The second-order valence-electron chi connectivity index (χ2n) is 0.123. The maximum Gasteiger partial charge on any atom is -0.488 e. The summed E-state index contributed by atoms with van der Waals surface area (Å²) in [4.78, 5) is 1.31. The van der Waals surface area contributed by atoms with E-state index in [4.69, 9.17) is 11.8 Å². The van der Waals surface area contributed by atoms with Crippen molar-refractivity contribution in [2.75, 3.05) is 0 Å². The van der Waals surface area contributed by atoms with E-state index in [1.54, 1.807) is 0 Å². The van der Waals surface area contributed by atoms with Crippen LogP contribution in [0.15, 0.2) is 11.6 Å². The molecule has 0 unspecified atom stereocenters. The van der Waals surface area contributed by atoms with E-state index in [1.165, 1.54) is 4.97 Å². The molecule has 0 fully saturated rings. The van der Waals surface area contributed by atoms with Crippen LogP contribution in [0.1, 0.15) is 0 Å². The van der Waals surface area contributed by atoms with Gasteiger partial charge in [-0.15, -0.1) is 0 Å². The van der Waals surface area contributed by atoms with Gasteiger partial charge in [0, 0.05) is 0 Å². The maximum absolute atomic E-state index is 6.25. The fraction of sp³-hybridized carbons (Fsp3) is 0. The predicted octanol–water partition coefficient (Wildman–Crippen LogP) is 0.773. The van der Waals surface area contributed by atoms with Crippen molar-refractivity contribution in [2.45, 2.75) is 0 Å². The minimum atomic E-state index is 1.31. The van der Waals surface area contributed by atoms with Gasteiger partial charge >= 0.3 is 27.6 Å². The first-order valence-electron chi connectivity index (χ1n) is 0.806. The van der Waals surface area contributed by atoms with E-state index < -0.39 is 0 Å². The fourth-order valence-electron chi connectivity index (χ4n) is 0. The van der Waals surface area contributed by atoms with E-state index in [0.29, 0.717) is 0 Å². The van der Waals surface area contributed by atoms with Crippen molar-refractivity contribution in [1.82, 2.24) is 0 Å². The zero-order valence-corrected chi connectivity index (χ0v) is 3.47. The van der Waals surface area contributed by atoms with Crippen LogP contribution in [-0.2, 0) is 16.0 Å². The third kappa shape index (κ3) is 183. The van der Waals surface area contributed by atoms with Crippen LogP contribution in [0, 0.1) is 11.8 Å². The molecule has 0 saturated heterocycles. The largest absolute Gasteiger partial charge is 0.512 e. The second kappa shape index (κ2) is 50.5. The van der Waals surface area contributed by atoms with Crippen LogP contribution in [0.3, 0.4) is 0 Å². The summed E-state index contributed by atoms with van der Waals surface area (Å²) in [5.41, 5.74) is 0. The molecule has 0 aromatic rings. The number of nitrogens with zero attached hydrogens (tertiary/aromatic N) is 1. The van der Waals surface area contributed by atoms with Gasteiger partial charge in [-0.2, -0.15) is 0 Å². The summed E-state index contributed by atoms with van der Waals surface area (Å²) in [5.74, 6) is 0. The van der Waals surface area contributed by atoms with Crippen molar-refractivity contribution in [2.24, 2.45) is 0 Å². The molecular weight excluding hydrogens is 114 g/mol. The Morgan fingerprint density at radius 2 is 1.80 bits per heavy atom. The quantitative estimate of drug-likeness (QED) is 0.339. The predicted molar refractivity (Wildman–Crippen MR) is 15.2 cm³/mol. The summed E-state index contributed by atoms with van der Waals surface area (Å²) >= 11 is 4.27. The van der Waals surface area contributed by atoms with Crippen LogP contribution in [-0.4, -0.2) is 0 Å². The molecule has 2 heteroatoms. The van der Waals surface area contributed by atoms with E-state index in [9.17, 15) is 0 Å². The smallest absolute Gasteiger partial charge is 0.488 e. The van der Waals surface area contributed by atoms with Gasteiger partial charge < -0.3 is 11.8 Å². The molecule has 0 spiro atoms. The SMILES string of the molecule is C=[CH][Cu+].[C-]#N. The summed E-state index contributed by atoms with van der Waals surface area (Å²) in [6, 6.07) is 0. The van der Waals surface area contributed by atoms with Crippen LogP contribution in [0.5, 0.6) is 0 Å². The van der Waals surface area contributed by atoms with Gasteiger partial charge in [-0.3, -0.25) is 0 Å². The van der Waals surface area contributed by atoms with Gasteiger partial charge in [0.1, 0.15) is 0 Å². The van der Waals surface area contributed by atoms with E-state index in [1.807, 2.05) is 0 Å². The Morgan fingerprint density at radius 3 is 1.80 bits per heavy atom. The van der Waals surface area contributed by atoms with Gasteiger partial charge in [0.2, 0.25) is 0 Å². The van der Waals surface area contributed by atoms with E-state index in [2.05, 4.69) is 22.6 Å². The van der Waals surface area contributed by atoms with E-state index in [0.717, 1.165) is 0 Å². The molecular formula is C3H3CuN. The van der Waals surface area contributed by atoms with Gasteiger partial charge in [0.15, 0.2) is 0 Å². The van der Waals surface area contributed by atoms with Crippen molar-refractivity contribution in [3.05, 3.63) is 18.1 Å². The van der Waals surface area contributed by atoms with Crippen molar-refractivity contribution >= 4 is 0 Å². The van der Waals surface area contributed by atoms with Gasteiger partial charge in [0.25, 0.3) is 0 Å². The molecule has 0 radical (unpaired) electrons. The van der Waals surface area contributed by atoms with E-state index >= 15 is 0 Å². The monoisotopic (exact) mass is 116 g/mol. The molecule has 0 atom stereocenters. The topological polar surface area (TPSA) is 23.8 Å². The van der Waals surface area contributed by atoms with Crippen LogP contribution in [0.25, 0.3) is 0 Å². The third-order valence-electron chi connectivity index (χ3n) is 0. The average molecular weight is 117 g/mol. The summed E-state index contributed by atoms with van der Waals surface area (Å²) in [7, 11) is 0. The molecule has 5 heavy (non-hydrogen) atoms. The first-order chi connectivity index (χ1) is 2.41. The Morgan fingerprint density at radius 1 is 1.80 bits per heavy atom. The van der Waals surface area contributed by atoms with Gasteiger partial charge in [0.05, 0.1) is 0 Å². The van der Waals surface area contributed by atoms with Crippen molar-refractivity contribution < 1.29 is 16.0 Å². The molecule has 0 aliphatic rings. The number of hydrogen-bond donors (Lipinski definition) is 0. The van der Waals surface area contributed by atoms with E-state index in [-0.39, 0.29) is 0 Å². The van der Waals surface area contributed by atoms with Crippen molar-refractivity contribution in [1.29, 1.82) is 5.26 Å². The first-order valence-corrected chi connectivity index (χ1v) is 1.35. The molecule has 0 rings (SSSR count). The standard InChI is InChI=1S/C2H3.CN.Cu/c2*1-2;/h1H,2H2;;/q;-1;+1. The third-order valence-corrected chi connectivity index (χ3v) is 0. The Bertz CT molecular complexity index is 31.1. The summed E-state index contributed by atoms with van der Waals surface area (Å²) in [6.07, 6.45) is 0. The minimum absolute atomic E-state index is 1.31. The van der Waals surface area contributed by atoms with Crippen LogP contribution < -0.4 is 0 Å². The second-order valence-corrected chi connectivity index (χ2v) is 0.508. The Balaban J connectivity index is 0. The molecule has 0 aliphatic heterocycles. The van der Waals surface area contributed by atoms with Crippen molar-refractivity contribution in [3.63, 3.8) is 0 Å². The maximum atomic E-state index is 6.25. The molecule has 0 heterocycles. The van der Waals surface area contributed by atoms with Gasteiger partial charge in [-0.05, 0) is 0 Å². The summed E-state index contributed by atoms with van der Waals surface area (Å²) in [5, 5.41) is 6.25. The fourth-order valence-corrected chi connectivity index (χ4v) is 0. The molecule has 0 aliphatic carbocycles. The Kier molecular flexibility index (Phi) is 89.1. The van der Waals surface area contributed by atoms with Gasteiger partial charge in [-0.1, -0.05) is 0 Å². The van der Waals surface area contributed by atoms with Crippen LogP contribution >= 0.6 is 0 Å². The molecule has 0 N–H and O–H groups in total. The molecule has 0 bridgehead atoms. The molecule has 31 valence electrons. The number of rotatable bonds is 0. The summed E-state index contributed by atoms with van der Waals surface area (Å²) in [6.45, 7) is 7.92. The zero-order chi connectivity index (χ0) is 4.71. The summed E-state index contributed by atoms with van der Waals surface area (Å²) < 4.78 is 0. The molecule has 0 amide bonds.